The van der Waals surface area contributed by atoms with Gasteiger partial charge >= 0.3 is 6.18 Å². The Labute approximate surface area is 103 Å². The van der Waals surface area contributed by atoms with Crippen LogP contribution in [-0.2, 0) is 6.18 Å². The van der Waals surface area contributed by atoms with Gasteiger partial charge in [0.05, 0.1) is 5.56 Å². The van der Waals surface area contributed by atoms with Crippen LogP contribution in [0.3, 0.4) is 0 Å². The zero-order chi connectivity index (χ0) is 10.2. The molecule has 1 saturated heterocycles. The minimum atomic E-state index is -4.27. The number of nitrogens with zero attached hydrogens (tertiary/aromatic N) is 1. The summed E-state index contributed by atoms with van der Waals surface area (Å²) in [6.07, 6.45) is -3.05. The Morgan fingerprint density at radius 3 is 2.31 bits per heavy atom. The molecule has 1 aliphatic heterocycles. The van der Waals surface area contributed by atoms with Crippen LogP contribution in [0.25, 0.3) is 0 Å². The number of aromatic nitrogens is 1. The number of nitrogens with one attached hydrogen (secondary N) is 1. The van der Waals surface area contributed by atoms with Gasteiger partial charge in [0, 0.05) is 30.9 Å². The molecular weight excluding hydrogens is 264 g/mol. The summed E-state index contributed by atoms with van der Waals surface area (Å²) in [6, 6.07) is 2.13. The minimum Gasteiger partial charge on any atom is -0.315 e. The zero-order valence-electron chi connectivity index (χ0n) is 8.12. The molecule has 1 aliphatic rings. The standard InChI is InChI=1S/C9H9F3N2.2ClH/c10-9(11,12)7-1-2-14-8(3-7)6-4-13-5-6;;/h1-3,6,13H,4-5H2;2*1H. The molecule has 16 heavy (non-hydrogen) atoms. The van der Waals surface area contributed by atoms with E-state index in [2.05, 4.69) is 10.3 Å². The van der Waals surface area contributed by atoms with Crippen molar-refractivity contribution in [3.63, 3.8) is 0 Å². The van der Waals surface area contributed by atoms with Crippen LogP contribution < -0.4 is 5.32 Å². The maximum absolute atomic E-state index is 12.3. The minimum absolute atomic E-state index is 0. The number of hydrogen-bond acceptors (Lipinski definition) is 2. The SMILES string of the molecule is Cl.Cl.FC(F)(F)c1ccnc(C2CNC2)c1. The summed E-state index contributed by atoms with van der Waals surface area (Å²) in [4.78, 5) is 3.93. The first-order valence-electron chi connectivity index (χ1n) is 4.31. The third-order valence-corrected chi connectivity index (χ3v) is 2.31. The summed E-state index contributed by atoms with van der Waals surface area (Å²) >= 11 is 0. The number of pyridine rings is 1. The lowest BCUT2D eigenvalue weighted by atomic mass is 9.97. The van der Waals surface area contributed by atoms with Crippen LogP contribution in [0, 0.1) is 0 Å². The van der Waals surface area contributed by atoms with Crippen molar-refractivity contribution < 1.29 is 13.2 Å². The molecule has 1 aromatic heterocycles. The highest BCUT2D eigenvalue weighted by molar-refractivity contribution is 5.85. The fourth-order valence-corrected chi connectivity index (χ4v) is 1.35. The Morgan fingerprint density at radius 2 is 1.88 bits per heavy atom. The molecule has 7 heteroatoms. The van der Waals surface area contributed by atoms with Gasteiger partial charge in [-0.3, -0.25) is 4.98 Å². The highest BCUT2D eigenvalue weighted by Crippen LogP contribution is 2.30. The first kappa shape index (κ1) is 15.5. The first-order valence-corrected chi connectivity index (χ1v) is 4.31. The van der Waals surface area contributed by atoms with Crippen LogP contribution >= 0.6 is 24.8 Å². The lowest BCUT2D eigenvalue weighted by Gasteiger charge is -2.26. The van der Waals surface area contributed by atoms with E-state index < -0.39 is 11.7 Å². The summed E-state index contributed by atoms with van der Waals surface area (Å²) in [5.41, 5.74) is -0.0898. The molecule has 0 saturated carbocycles. The van der Waals surface area contributed by atoms with E-state index in [-0.39, 0.29) is 30.7 Å². The fraction of sp³-hybridized carbons (Fsp3) is 0.444. The Bertz CT molecular complexity index is 340. The van der Waals surface area contributed by atoms with E-state index in [1.54, 1.807) is 0 Å². The second-order valence-electron chi connectivity index (χ2n) is 3.32. The molecule has 0 atom stereocenters. The molecule has 92 valence electrons. The Balaban J connectivity index is 0.00000112. The van der Waals surface area contributed by atoms with Crippen LogP contribution in [-0.4, -0.2) is 18.1 Å². The van der Waals surface area contributed by atoms with E-state index in [1.807, 2.05) is 0 Å². The first-order chi connectivity index (χ1) is 6.57. The molecular formula is C9H11Cl2F3N2. The predicted octanol–water partition coefficient (Wildman–Crippen LogP) is 2.63. The Hall–Kier alpha value is -0.520. The Morgan fingerprint density at radius 1 is 1.25 bits per heavy atom. The molecule has 0 aromatic carbocycles. The second-order valence-corrected chi connectivity index (χ2v) is 3.32. The second kappa shape index (κ2) is 5.70. The summed E-state index contributed by atoms with van der Waals surface area (Å²) in [7, 11) is 0. The molecule has 0 aliphatic carbocycles. The van der Waals surface area contributed by atoms with Gasteiger partial charge in [0.1, 0.15) is 0 Å². The normalized spacial score (nSPS) is 15.7. The van der Waals surface area contributed by atoms with Gasteiger partial charge in [0.15, 0.2) is 0 Å². The molecule has 2 heterocycles. The average molecular weight is 275 g/mol. The van der Waals surface area contributed by atoms with E-state index in [1.165, 1.54) is 6.20 Å². The molecule has 0 amide bonds. The van der Waals surface area contributed by atoms with E-state index in [4.69, 9.17) is 0 Å². The molecule has 1 N–H and O–H groups in total. The maximum atomic E-state index is 12.3. The number of hydrogen-bond donors (Lipinski definition) is 1. The molecule has 1 fully saturated rings. The quantitative estimate of drug-likeness (QED) is 0.852. The van der Waals surface area contributed by atoms with E-state index in [9.17, 15) is 13.2 Å². The summed E-state index contributed by atoms with van der Waals surface area (Å²) in [5.74, 6) is 0.136. The molecule has 0 bridgehead atoms. The van der Waals surface area contributed by atoms with Gasteiger partial charge in [-0.1, -0.05) is 0 Å². The lowest BCUT2D eigenvalue weighted by Crippen LogP contribution is -2.40. The molecule has 2 rings (SSSR count). The van der Waals surface area contributed by atoms with Crippen LogP contribution in [0.4, 0.5) is 13.2 Å². The van der Waals surface area contributed by atoms with Gasteiger partial charge < -0.3 is 5.32 Å². The van der Waals surface area contributed by atoms with Crippen LogP contribution in [0.2, 0.25) is 0 Å². The van der Waals surface area contributed by atoms with Crippen molar-refractivity contribution in [3.05, 3.63) is 29.6 Å². The lowest BCUT2D eigenvalue weighted by molar-refractivity contribution is -0.137. The number of alkyl halides is 3. The van der Waals surface area contributed by atoms with Crippen molar-refractivity contribution in [2.45, 2.75) is 12.1 Å². The van der Waals surface area contributed by atoms with Crippen LogP contribution in [0.1, 0.15) is 17.2 Å². The van der Waals surface area contributed by atoms with Gasteiger partial charge in [-0.05, 0) is 12.1 Å². The number of rotatable bonds is 1. The third kappa shape index (κ3) is 3.23. The highest BCUT2D eigenvalue weighted by atomic mass is 35.5. The molecule has 2 nitrogen and oxygen atoms in total. The summed E-state index contributed by atoms with van der Waals surface area (Å²) in [5, 5.41) is 3.00. The average Bonchev–Trinajstić information content (AvgIpc) is 2.00. The van der Waals surface area contributed by atoms with Crippen LogP contribution in [0.15, 0.2) is 18.3 Å². The predicted molar refractivity (Wildman–Crippen MR) is 59.3 cm³/mol. The van der Waals surface area contributed by atoms with E-state index in [0.29, 0.717) is 18.8 Å². The van der Waals surface area contributed by atoms with Crippen molar-refractivity contribution in [3.8, 4) is 0 Å². The fourth-order valence-electron chi connectivity index (χ4n) is 1.35. The van der Waals surface area contributed by atoms with Crippen LogP contribution in [0.5, 0.6) is 0 Å². The largest absolute Gasteiger partial charge is 0.416 e. The summed E-state index contributed by atoms with van der Waals surface area (Å²) in [6.45, 7) is 1.43. The maximum Gasteiger partial charge on any atom is 0.416 e. The van der Waals surface area contributed by atoms with E-state index in [0.717, 1.165) is 12.1 Å². The molecule has 0 radical (unpaired) electrons. The van der Waals surface area contributed by atoms with Crippen molar-refractivity contribution in [2.75, 3.05) is 13.1 Å². The molecule has 0 unspecified atom stereocenters. The Kier molecular flexibility index (Phi) is 5.52. The summed E-state index contributed by atoms with van der Waals surface area (Å²) < 4.78 is 36.9. The van der Waals surface area contributed by atoms with Gasteiger partial charge in [-0.25, -0.2) is 0 Å². The van der Waals surface area contributed by atoms with Gasteiger partial charge in [0.2, 0.25) is 0 Å². The van der Waals surface area contributed by atoms with Gasteiger partial charge in [-0.15, -0.1) is 24.8 Å². The van der Waals surface area contributed by atoms with Gasteiger partial charge in [0.25, 0.3) is 0 Å². The highest BCUT2D eigenvalue weighted by Gasteiger charge is 2.32. The smallest absolute Gasteiger partial charge is 0.315 e. The zero-order valence-corrected chi connectivity index (χ0v) is 9.75. The van der Waals surface area contributed by atoms with Gasteiger partial charge in [-0.2, -0.15) is 13.2 Å². The van der Waals surface area contributed by atoms with E-state index >= 15 is 0 Å². The van der Waals surface area contributed by atoms with Crippen molar-refractivity contribution in [1.82, 2.24) is 10.3 Å². The van der Waals surface area contributed by atoms with Crippen molar-refractivity contribution >= 4 is 24.8 Å². The third-order valence-electron chi connectivity index (χ3n) is 2.31. The topological polar surface area (TPSA) is 24.9 Å². The molecule has 0 spiro atoms. The van der Waals surface area contributed by atoms with Crippen molar-refractivity contribution in [1.29, 1.82) is 0 Å². The van der Waals surface area contributed by atoms with Crippen molar-refractivity contribution in [2.24, 2.45) is 0 Å². The molecule has 1 aromatic rings. The monoisotopic (exact) mass is 274 g/mol. The number of halogens is 5.